The average molecular weight is 418 g/mol. The summed E-state index contributed by atoms with van der Waals surface area (Å²) in [5, 5.41) is 3.47. The Balaban J connectivity index is 1.54. The Morgan fingerprint density at radius 1 is 1.07 bits per heavy atom. The summed E-state index contributed by atoms with van der Waals surface area (Å²) in [6.45, 7) is 7.12. The number of nitrogens with zero attached hydrogens (tertiary/aromatic N) is 2. The Hall–Kier alpha value is -1.79. The second-order valence-electron chi connectivity index (χ2n) is 8.21. The molecular formula is C24H39N3O3. The fourth-order valence-corrected chi connectivity index (χ4v) is 4.21. The lowest BCUT2D eigenvalue weighted by molar-refractivity contribution is 0.00990. The molecule has 0 amide bonds. The highest BCUT2D eigenvalue weighted by atomic mass is 16.5. The van der Waals surface area contributed by atoms with Crippen LogP contribution in [0.15, 0.2) is 29.3 Å². The van der Waals surface area contributed by atoms with Gasteiger partial charge in [0.25, 0.3) is 0 Å². The number of hydrogen-bond donors (Lipinski definition) is 1. The van der Waals surface area contributed by atoms with Crippen LogP contribution < -0.4 is 10.1 Å². The van der Waals surface area contributed by atoms with Crippen molar-refractivity contribution in [2.24, 2.45) is 4.99 Å². The summed E-state index contributed by atoms with van der Waals surface area (Å²) >= 11 is 0. The van der Waals surface area contributed by atoms with E-state index in [4.69, 9.17) is 19.2 Å². The molecule has 168 valence electrons. The molecule has 30 heavy (non-hydrogen) atoms. The van der Waals surface area contributed by atoms with Gasteiger partial charge >= 0.3 is 0 Å². The molecule has 1 aliphatic carbocycles. The number of rotatable bonds is 10. The van der Waals surface area contributed by atoms with Gasteiger partial charge in [0.15, 0.2) is 5.96 Å². The van der Waals surface area contributed by atoms with Crippen molar-refractivity contribution in [2.45, 2.75) is 70.6 Å². The molecule has 2 fully saturated rings. The molecule has 0 bridgehead atoms. The Morgan fingerprint density at radius 3 is 2.57 bits per heavy atom. The number of methoxy groups -OCH3 is 1. The number of likely N-dealkylation sites (tertiary alicyclic amines) is 1. The smallest absolute Gasteiger partial charge is 0.194 e. The van der Waals surface area contributed by atoms with Gasteiger partial charge in [-0.3, -0.25) is 0 Å². The van der Waals surface area contributed by atoms with Gasteiger partial charge in [-0.25, -0.2) is 4.99 Å². The molecule has 3 rings (SSSR count). The molecule has 1 aliphatic heterocycles. The van der Waals surface area contributed by atoms with Crippen LogP contribution in [-0.2, 0) is 16.0 Å². The summed E-state index contributed by atoms with van der Waals surface area (Å²) in [6.07, 6.45) is 8.66. The SMILES string of the molecule is CCNC(=NCc1ccccc1OC1CCCC1)N1CCC(OCCCOC)CC1. The lowest BCUT2D eigenvalue weighted by Gasteiger charge is -2.34. The minimum absolute atomic E-state index is 0.349. The van der Waals surface area contributed by atoms with Crippen LogP contribution in [-0.4, -0.2) is 63.0 Å². The predicted molar refractivity (Wildman–Crippen MR) is 121 cm³/mol. The molecule has 0 atom stereocenters. The van der Waals surface area contributed by atoms with Gasteiger partial charge in [-0.15, -0.1) is 0 Å². The summed E-state index contributed by atoms with van der Waals surface area (Å²) in [6, 6.07) is 8.35. The van der Waals surface area contributed by atoms with Crippen LogP contribution in [0.2, 0.25) is 0 Å². The van der Waals surface area contributed by atoms with E-state index in [1.807, 2.05) is 0 Å². The van der Waals surface area contributed by atoms with E-state index < -0.39 is 0 Å². The fourth-order valence-electron chi connectivity index (χ4n) is 4.21. The molecule has 0 unspecified atom stereocenters. The monoisotopic (exact) mass is 417 g/mol. The van der Waals surface area contributed by atoms with Crippen LogP contribution in [0.25, 0.3) is 0 Å². The molecule has 0 radical (unpaired) electrons. The zero-order chi connectivity index (χ0) is 21.0. The van der Waals surface area contributed by atoms with Crippen molar-refractivity contribution < 1.29 is 14.2 Å². The number of piperidine rings is 1. The van der Waals surface area contributed by atoms with Gasteiger partial charge in [-0.1, -0.05) is 18.2 Å². The molecule has 1 saturated heterocycles. The summed E-state index contributed by atoms with van der Waals surface area (Å²) in [5.74, 6) is 1.98. The standard InChI is InChI=1S/C24H39N3O3/c1-3-25-24(27-15-13-21(14-16-27)29-18-8-17-28-2)26-19-20-9-4-7-12-23(20)30-22-10-5-6-11-22/h4,7,9,12,21-22H,3,5-6,8,10-11,13-19H2,1-2H3,(H,25,26). The van der Waals surface area contributed by atoms with E-state index in [1.165, 1.54) is 25.7 Å². The summed E-state index contributed by atoms with van der Waals surface area (Å²) < 4.78 is 17.4. The molecule has 1 saturated carbocycles. The van der Waals surface area contributed by atoms with Gasteiger partial charge < -0.3 is 24.4 Å². The summed E-state index contributed by atoms with van der Waals surface area (Å²) in [4.78, 5) is 7.31. The highest BCUT2D eigenvalue weighted by Gasteiger charge is 2.22. The van der Waals surface area contributed by atoms with Crippen LogP contribution in [0.3, 0.4) is 0 Å². The molecule has 1 aromatic carbocycles. The van der Waals surface area contributed by atoms with Crippen molar-refractivity contribution in [1.29, 1.82) is 0 Å². The molecule has 6 nitrogen and oxygen atoms in total. The largest absolute Gasteiger partial charge is 0.490 e. The van der Waals surface area contributed by atoms with E-state index in [9.17, 15) is 0 Å². The molecule has 2 aliphatic rings. The Morgan fingerprint density at radius 2 is 1.83 bits per heavy atom. The van der Waals surface area contributed by atoms with Gasteiger partial charge in [-0.05, 0) is 57.9 Å². The molecule has 0 aromatic heterocycles. The quantitative estimate of drug-likeness (QED) is 0.354. The van der Waals surface area contributed by atoms with E-state index in [0.29, 0.717) is 18.8 Å². The zero-order valence-electron chi connectivity index (χ0n) is 18.8. The zero-order valence-corrected chi connectivity index (χ0v) is 18.8. The first-order chi connectivity index (χ1) is 14.8. The number of guanidine groups is 1. The van der Waals surface area contributed by atoms with Crippen molar-refractivity contribution in [3.8, 4) is 5.75 Å². The minimum atomic E-state index is 0.349. The van der Waals surface area contributed by atoms with Crippen LogP contribution >= 0.6 is 0 Å². The van der Waals surface area contributed by atoms with Crippen LogP contribution in [0.4, 0.5) is 0 Å². The lowest BCUT2D eigenvalue weighted by atomic mass is 10.1. The Kier molecular flexibility index (Phi) is 9.77. The highest BCUT2D eigenvalue weighted by Crippen LogP contribution is 2.27. The maximum absolute atomic E-state index is 6.28. The normalized spacial score (nSPS) is 18.7. The number of benzene rings is 1. The van der Waals surface area contributed by atoms with Gasteiger partial charge in [0.05, 0.1) is 18.8 Å². The average Bonchev–Trinajstić information content (AvgIpc) is 3.29. The number of para-hydroxylation sites is 1. The first-order valence-corrected chi connectivity index (χ1v) is 11.7. The van der Waals surface area contributed by atoms with Crippen LogP contribution in [0.1, 0.15) is 57.4 Å². The van der Waals surface area contributed by atoms with Crippen LogP contribution in [0, 0.1) is 0 Å². The predicted octanol–water partition coefficient (Wildman–Crippen LogP) is 3.99. The Labute approximate surface area is 182 Å². The maximum Gasteiger partial charge on any atom is 0.194 e. The molecule has 1 heterocycles. The van der Waals surface area contributed by atoms with Crippen LogP contribution in [0.5, 0.6) is 5.75 Å². The summed E-state index contributed by atoms with van der Waals surface area (Å²) in [5.41, 5.74) is 1.16. The van der Waals surface area contributed by atoms with E-state index in [0.717, 1.165) is 69.4 Å². The number of aliphatic imine (C=N–C) groups is 1. The number of nitrogens with one attached hydrogen (secondary N) is 1. The van der Waals surface area contributed by atoms with Crippen molar-refractivity contribution in [2.75, 3.05) is 40.0 Å². The molecular weight excluding hydrogens is 378 g/mol. The van der Waals surface area contributed by atoms with E-state index >= 15 is 0 Å². The van der Waals surface area contributed by atoms with Gasteiger partial charge in [0, 0.05) is 45.5 Å². The third kappa shape index (κ3) is 7.17. The van der Waals surface area contributed by atoms with Gasteiger partial charge in [0.2, 0.25) is 0 Å². The second kappa shape index (κ2) is 12.8. The maximum atomic E-state index is 6.28. The van der Waals surface area contributed by atoms with Gasteiger partial charge in [-0.2, -0.15) is 0 Å². The van der Waals surface area contributed by atoms with Crippen molar-refractivity contribution in [3.63, 3.8) is 0 Å². The van der Waals surface area contributed by atoms with Crippen molar-refractivity contribution >= 4 is 5.96 Å². The number of hydrogen-bond acceptors (Lipinski definition) is 4. The summed E-state index contributed by atoms with van der Waals surface area (Å²) in [7, 11) is 1.74. The molecule has 0 spiro atoms. The topological polar surface area (TPSA) is 55.3 Å². The first kappa shape index (κ1) is 22.9. The number of ether oxygens (including phenoxy) is 3. The molecule has 1 N–H and O–H groups in total. The second-order valence-corrected chi connectivity index (χ2v) is 8.21. The van der Waals surface area contributed by atoms with E-state index in [1.54, 1.807) is 7.11 Å². The Bertz CT molecular complexity index is 638. The lowest BCUT2D eigenvalue weighted by Crippen LogP contribution is -2.47. The van der Waals surface area contributed by atoms with Gasteiger partial charge in [0.1, 0.15) is 5.75 Å². The molecule has 1 aromatic rings. The highest BCUT2D eigenvalue weighted by molar-refractivity contribution is 5.80. The van der Waals surface area contributed by atoms with Crippen molar-refractivity contribution in [1.82, 2.24) is 10.2 Å². The third-order valence-electron chi connectivity index (χ3n) is 5.89. The molecule has 6 heteroatoms. The van der Waals surface area contributed by atoms with Crippen molar-refractivity contribution in [3.05, 3.63) is 29.8 Å². The fraction of sp³-hybridized carbons (Fsp3) is 0.708. The first-order valence-electron chi connectivity index (χ1n) is 11.7. The minimum Gasteiger partial charge on any atom is -0.490 e. The van der Waals surface area contributed by atoms with E-state index in [2.05, 4.69) is 41.4 Å². The third-order valence-corrected chi connectivity index (χ3v) is 5.89. The van der Waals surface area contributed by atoms with E-state index in [-0.39, 0.29) is 0 Å².